The number of carbonyl (C=O) groups is 1. The summed E-state index contributed by atoms with van der Waals surface area (Å²) in [5, 5.41) is 8.60. The van der Waals surface area contributed by atoms with E-state index < -0.39 is 5.97 Å². The molecule has 5 heteroatoms. The highest BCUT2D eigenvalue weighted by molar-refractivity contribution is 5.69. The molecular weight excluding hydrogens is 222 g/mol. The van der Waals surface area contributed by atoms with E-state index in [0.717, 1.165) is 25.7 Å². The Morgan fingerprint density at radius 2 is 1.71 bits per heavy atom. The second-order valence-corrected chi connectivity index (χ2v) is 3.53. The summed E-state index contributed by atoms with van der Waals surface area (Å²) in [6.07, 6.45) is 3.71. The molecule has 5 nitrogen and oxygen atoms in total. The maximum absolute atomic E-state index is 10.4. The number of unbranched alkanes of at least 4 members (excludes halogenated alkanes) is 1. The van der Waals surface area contributed by atoms with Crippen molar-refractivity contribution in [3.05, 3.63) is 0 Å². The van der Waals surface area contributed by atoms with Crippen molar-refractivity contribution in [2.24, 2.45) is 5.92 Å². The molecule has 1 atom stereocenters. The normalized spacial score (nSPS) is 11.5. The minimum atomic E-state index is -0.643. The molecule has 0 aliphatic heterocycles. The van der Waals surface area contributed by atoms with Crippen LogP contribution in [0, 0.1) is 5.92 Å². The van der Waals surface area contributed by atoms with E-state index in [4.69, 9.17) is 5.11 Å². The van der Waals surface area contributed by atoms with Gasteiger partial charge in [-0.15, -0.1) is 0 Å². The molecule has 0 fully saturated rings. The van der Waals surface area contributed by atoms with Crippen LogP contribution in [0.25, 0.3) is 0 Å². The summed E-state index contributed by atoms with van der Waals surface area (Å²) >= 11 is 0. The van der Waals surface area contributed by atoms with Gasteiger partial charge in [-0.25, -0.2) is 0 Å². The van der Waals surface area contributed by atoms with E-state index in [1.54, 1.807) is 0 Å². The molecule has 0 saturated carbocycles. The summed E-state index contributed by atoms with van der Waals surface area (Å²) in [6, 6.07) is 0. The lowest BCUT2D eigenvalue weighted by molar-refractivity contribution is -0.163. The third-order valence-electron chi connectivity index (χ3n) is 2.15. The molecule has 0 radical (unpaired) electrons. The van der Waals surface area contributed by atoms with Crippen LogP contribution in [0.15, 0.2) is 0 Å². The molecule has 104 valence electrons. The average molecular weight is 249 g/mol. The van der Waals surface area contributed by atoms with E-state index in [9.17, 15) is 4.79 Å². The highest BCUT2D eigenvalue weighted by Gasteiger charge is 2.12. The minimum Gasteiger partial charge on any atom is -0.481 e. The number of aliphatic carboxylic acids is 1. The van der Waals surface area contributed by atoms with Gasteiger partial charge < -0.3 is 5.11 Å². The maximum atomic E-state index is 10.4. The fourth-order valence-electron chi connectivity index (χ4n) is 1.11. The van der Waals surface area contributed by atoms with Gasteiger partial charge in [0.1, 0.15) is 0 Å². The SMILES string of the molecule is CCCCC(CC)C(=O)O.CCONOCC. The summed E-state index contributed by atoms with van der Waals surface area (Å²) in [7, 11) is 0. The molecule has 0 aromatic rings. The van der Waals surface area contributed by atoms with Crippen LogP contribution in [-0.4, -0.2) is 24.3 Å². The van der Waals surface area contributed by atoms with Crippen LogP contribution >= 0.6 is 0 Å². The molecule has 0 rings (SSSR count). The van der Waals surface area contributed by atoms with Crippen LogP contribution in [-0.2, 0) is 14.5 Å². The molecule has 0 heterocycles. The molecule has 2 N–H and O–H groups in total. The van der Waals surface area contributed by atoms with Gasteiger partial charge >= 0.3 is 5.97 Å². The second-order valence-electron chi connectivity index (χ2n) is 3.53. The molecule has 0 spiro atoms. The molecule has 0 bridgehead atoms. The topological polar surface area (TPSA) is 67.8 Å². The Hall–Kier alpha value is -0.650. The van der Waals surface area contributed by atoms with Crippen molar-refractivity contribution in [3.63, 3.8) is 0 Å². The van der Waals surface area contributed by atoms with Gasteiger partial charge in [0, 0.05) is 0 Å². The summed E-state index contributed by atoms with van der Waals surface area (Å²) in [5.74, 6) is -0.754. The standard InChI is InChI=1S/C8H16O2.C4H11NO2/c1-3-5-6-7(4-2)8(9)10;1-3-6-5-7-4-2/h7H,3-6H2,1-2H3,(H,9,10);5H,3-4H2,1-2H3. The zero-order chi connectivity index (χ0) is 13.5. The summed E-state index contributed by atoms with van der Waals surface area (Å²) in [6.45, 7) is 9.01. The van der Waals surface area contributed by atoms with Crippen molar-refractivity contribution in [1.29, 1.82) is 0 Å². The minimum absolute atomic E-state index is 0.111. The molecule has 0 saturated heterocycles. The first-order valence-electron chi connectivity index (χ1n) is 6.35. The quantitative estimate of drug-likeness (QED) is 0.486. The summed E-state index contributed by atoms with van der Waals surface area (Å²) < 4.78 is 0. The highest BCUT2D eigenvalue weighted by Crippen LogP contribution is 2.11. The Bertz CT molecular complexity index is 161. The number of hydrogen-bond acceptors (Lipinski definition) is 4. The first kappa shape index (κ1) is 18.7. The Balaban J connectivity index is 0. The Labute approximate surface area is 104 Å². The molecule has 0 aliphatic carbocycles. The van der Waals surface area contributed by atoms with Crippen molar-refractivity contribution >= 4 is 5.97 Å². The number of hydrogen-bond donors (Lipinski definition) is 2. The number of nitrogens with one attached hydrogen (secondary N) is 1. The molecule has 0 aromatic carbocycles. The van der Waals surface area contributed by atoms with Gasteiger partial charge in [-0.3, -0.25) is 14.5 Å². The Kier molecular flexibility index (Phi) is 16.9. The van der Waals surface area contributed by atoms with Crippen LogP contribution in [0.1, 0.15) is 53.4 Å². The third-order valence-corrected chi connectivity index (χ3v) is 2.15. The van der Waals surface area contributed by atoms with Crippen LogP contribution in [0.3, 0.4) is 0 Å². The fourth-order valence-corrected chi connectivity index (χ4v) is 1.11. The van der Waals surface area contributed by atoms with E-state index in [1.807, 2.05) is 20.8 Å². The van der Waals surface area contributed by atoms with Gasteiger partial charge in [-0.1, -0.05) is 32.3 Å². The summed E-state index contributed by atoms with van der Waals surface area (Å²) in [4.78, 5) is 19.6. The van der Waals surface area contributed by atoms with E-state index >= 15 is 0 Å². The van der Waals surface area contributed by atoms with Crippen LogP contribution in [0.2, 0.25) is 0 Å². The fraction of sp³-hybridized carbons (Fsp3) is 0.917. The van der Waals surface area contributed by atoms with E-state index in [2.05, 4.69) is 22.2 Å². The van der Waals surface area contributed by atoms with Crippen LogP contribution < -0.4 is 5.64 Å². The van der Waals surface area contributed by atoms with Gasteiger partial charge in [-0.05, 0) is 26.7 Å². The van der Waals surface area contributed by atoms with Gasteiger partial charge in [0.2, 0.25) is 0 Å². The number of rotatable bonds is 9. The lowest BCUT2D eigenvalue weighted by atomic mass is 10.00. The monoisotopic (exact) mass is 249 g/mol. The van der Waals surface area contributed by atoms with Gasteiger partial charge in [0.05, 0.1) is 19.1 Å². The first-order chi connectivity index (χ1) is 8.13. The molecule has 0 amide bonds. The van der Waals surface area contributed by atoms with Crippen molar-refractivity contribution in [1.82, 2.24) is 5.64 Å². The maximum Gasteiger partial charge on any atom is 0.306 e. The molecule has 0 aromatic heterocycles. The lowest BCUT2D eigenvalue weighted by Crippen LogP contribution is -2.14. The summed E-state index contributed by atoms with van der Waals surface area (Å²) in [5.41, 5.74) is 2.28. The van der Waals surface area contributed by atoms with Gasteiger partial charge in [0.15, 0.2) is 0 Å². The van der Waals surface area contributed by atoms with Crippen LogP contribution in [0.5, 0.6) is 0 Å². The Morgan fingerprint density at radius 1 is 1.18 bits per heavy atom. The lowest BCUT2D eigenvalue weighted by Gasteiger charge is -2.06. The molecular formula is C12H27NO4. The van der Waals surface area contributed by atoms with Crippen molar-refractivity contribution in [2.45, 2.75) is 53.4 Å². The van der Waals surface area contributed by atoms with Crippen molar-refractivity contribution in [3.8, 4) is 0 Å². The van der Waals surface area contributed by atoms with Gasteiger partial charge in [0.25, 0.3) is 0 Å². The van der Waals surface area contributed by atoms with E-state index in [1.165, 1.54) is 0 Å². The number of carboxylic acids is 1. The first-order valence-corrected chi connectivity index (χ1v) is 6.35. The molecule has 1 unspecified atom stereocenters. The zero-order valence-electron chi connectivity index (χ0n) is 11.5. The van der Waals surface area contributed by atoms with Crippen LogP contribution in [0.4, 0.5) is 0 Å². The van der Waals surface area contributed by atoms with Crippen molar-refractivity contribution < 1.29 is 19.6 Å². The van der Waals surface area contributed by atoms with Gasteiger partial charge in [-0.2, -0.15) is 0 Å². The third kappa shape index (κ3) is 15.4. The molecule has 0 aliphatic rings. The second kappa shape index (κ2) is 15.4. The highest BCUT2D eigenvalue weighted by atomic mass is 16.9. The zero-order valence-corrected chi connectivity index (χ0v) is 11.5. The van der Waals surface area contributed by atoms with E-state index in [-0.39, 0.29) is 5.92 Å². The Morgan fingerprint density at radius 3 is 2.00 bits per heavy atom. The largest absolute Gasteiger partial charge is 0.481 e. The average Bonchev–Trinajstić information content (AvgIpc) is 2.31. The van der Waals surface area contributed by atoms with Crippen molar-refractivity contribution in [2.75, 3.05) is 13.2 Å². The predicted molar refractivity (Wildman–Crippen MR) is 67.3 cm³/mol. The number of carboxylic acid groups (broad SMARTS) is 1. The molecule has 17 heavy (non-hydrogen) atoms. The predicted octanol–water partition coefficient (Wildman–Crippen LogP) is 2.77. The smallest absolute Gasteiger partial charge is 0.306 e. The van der Waals surface area contributed by atoms with E-state index in [0.29, 0.717) is 13.2 Å².